The first-order chi connectivity index (χ1) is 6.85. The van der Waals surface area contributed by atoms with E-state index in [1.807, 2.05) is 6.08 Å². The summed E-state index contributed by atoms with van der Waals surface area (Å²) in [5.41, 5.74) is 0. The minimum absolute atomic E-state index is 0.764. The first-order valence-electron chi connectivity index (χ1n) is 6.10. The molecule has 0 fully saturated rings. The zero-order valence-electron chi connectivity index (χ0n) is 9.80. The van der Waals surface area contributed by atoms with E-state index in [0.29, 0.717) is 0 Å². The molecule has 0 spiro atoms. The number of unbranched alkanes of at least 4 members (excludes halogenated alkanes) is 5. The second-order valence-electron chi connectivity index (χ2n) is 4.01. The summed E-state index contributed by atoms with van der Waals surface area (Å²) < 4.78 is 0. The Balaban J connectivity index is 3.24. The summed E-state index contributed by atoms with van der Waals surface area (Å²) in [6, 6.07) is 0. The molecule has 0 aliphatic rings. The minimum atomic E-state index is 0.764. The maximum absolute atomic E-state index is 3.85. The molecule has 0 amide bonds. The molecule has 0 aromatic carbocycles. The molecule has 0 aromatic heterocycles. The van der Waals surface area contributed by atoms with Crippen LogP contribution in [-0.2, 0) is 0 Å². The van der Waals surface area contributed by atoms with E-state index in [1.165, 1.54) is 44.9 Å². The molecule has 0 aliphatic heterocycles. The van der Waals surface area contributed by atoms with Gasteiger partial charge in [0.25, 0.3) is 0 Å². The smallest absolute Gasteiger partial charge is 0.0236 e. The third-order valence-corrected chi connectivity index (χ3v) is 2.76. The SMILES string of the molecule is [CH2]/C=C/C(CC)CCCCCCC[CH2]. The fourth-order valence-corrected chi connectivity index (χ4v) is 1.74. The van der Waals surface area contributed by atoms with Crippen molar-refractivity contribution in [2.75, 3.05) is 0 Å². The highest BCUT2D eigenvalue weighted by Crippen LogP contribution is 2.16. The predicted molar refractivity (Wildman–Crippen MR) is 66.0 cm³/mol. The maximum atomic E-state index is 3.85. The van der Waals surface area contributed by atoms with Crippen LogP contribution in [0.5, 0.6) is 0 Å². The summed E-state index contributed by atoms with van der Waals surface area (Å²) >= 11 is 0. The van der Waals surface area contributed by atoms with E-state index in [0.717, 1.165) is 12.3 Å². The van der Waals surface area contributed by atoms with Gasteiger partial charge in [-0.3, -0.25) is 0 Å². The number of hydrogen-bond donors (Lipinski definition) is 0. The van der Waals surface area contributed by atoms with Gasteiger partial charge in [0.15, 0.2) is 0 Å². The zero-order chi connectivity index (χ0) is 10.6. The van der Waals surface area contributed by atoms with Gasteiger partial charge in [0.2, 0.25) is 0 Å². The van der Waals surface area contributed by atoms with E-state index >= 15 is 0 Å². The lowest BCUT2D eigenvalue weighted by molar-refractivity contribution is 0.510. The van der Waals surface area contributed by atoms with Crippen LogP contribution in [0.15, 0.2) is 12.2 Å². The highest BCUT2D eigenvalue weighted by atomic mass is 14.1. The predicted octanol–water partition coefficient (Wildman–Crippen LogP) is 4.97. The second-order valence-corrected chi connectivity index (χ2v) is 4.01. The molecule has 0 bridgehead atoms. The molecule has 2 radical (unpaired) electrons. The fourth-order valence-electron chi connectivity index (χ4n) is 1.74. The molecule has 0 heteroatoms. The van der Waals surface area contributed by atoms with Gasteiger partial charge in [-0.15, -0.1) is 0 Å². The lowest BCUT2D eigenvalue weighted by Gasteiger charge is -2.09. The second kappa shape index (κ2) is 10.8. The molecule has 0 aliphatic carbocycles. The molecule has 0 aromatic rings. The molecule has 0 nitrogen and oxygen atoms in total. The lowest BCUT2D eigenvalue weighted by atomic mass is 9.97. The Bertz CT molecular complexity index is 124. The molecular weight excluding hydrogens is 168 g/mol. The molecular formula is C14H26. The van der Waals surface area contributed by atoms with Crippen molar-refractivity contribution in [3.8, 4) is 0 Å². The summed E-state index contributed by atoms with van der Waals surface area (Å²) in [5, 5.41) is 0. The van der Waals surface area contributed by atoms with Crippen molar-refractivity contribution in [2.24, 2.45) is 5.92 Å². The summed E-state index contributed by atoms with van der Waals surface area (Å²) in [7, 11) is 0. The largest absolute Gasteiger partial charge is 0.0880 e. The van der Waals surface area contributed by atoms with Crippen molar-refractivity contribution in [1.82, 2.24) is 0 Å². The van der Waals surface area contributed by atoms with Gasteiger partial charge in [-0.1, -0.05) is 64.5 Å². The van der Waals surface area contributed by atoms with Crippen LogP contribution >= 0.6 is 0 Å². The van der Waals surface area contributed by atoms with Crippen LogP contribution in [0.4, 0.5) is 0 Å². The van der Waals surface area contributed by atoms with Crippen LogP contribution < -0.4 is 0 Å². The maximum Gasteiger partial charge on any atom is -0.0236 e. The van der Waals surface area contributed by atoms with Gasteiger partial charge in [-0.05, 0) is 25.7 Å². The van der Waals surface area contributed by atoms with Crippen molar-refractivity contribution in [3.05, 3.63) is 26.0 Å². The van der Waals surface area contributed by atoms with Crippen molar-refractivity contribution >= 4 is 0 Å². The Morgan fingerprint density at radius 2 is 1.71 bits per heavy atom. The average molecular weight is 194 g/mol. The van der Waals surface area contributed by atoms with Gasteiger partial charge in [0.1, 0.15) is 0 Å². The molecule has 82 valence electrons. The van der Waals surface area contributed by atoms with E-state index in [-0.39, 0.29) is 0 Å². The van der Waals surface area contributed by atoms with E-state index < -0.39 is 0 Å². The van der Waals surface area contributed by atoms with Crippen LogP contribution in [0.25, 0.3) is 0 Å². The molecule has 0 N–H and O–H groups in total. The van der Waals surface area contributed by atoms with Gasteiger partial charge in [0, 0.05) is 0 Å². The highest BCUT2D eigenvalue weighted by molar-refractivity contribution is 4.89. The quantitative estimate of drug-likeness (QED) is 0.455. The van der Waals surface area contributed by atoms with Crippen LogP contribution in [-0.4, -0.2) is 0 Å². The summed E-state index contributed by atoms with van der Waals surface area (Å²) in [6.07, 6.45) is 14.7. The molecule has 0 saturated heterocycles. The first kappa shape index (κ1) is 13.7. The first-order valence-corrected chi connectivity index (χ1v) is 6.10. The molecule has 1 atom stereocenters. The standard InChI is InChI=1S/C14H26/c1-4-7-8-9-10-11-13-14(6-3)12-5-2/h5,12,14H,1-2,4,6-11,13H2,3H3/b12-5+. The molecule has 14 heavy (non-hydrogen) atoms. The van der Waals surface area contributed by atoms with Crippen molar-refractivity contribution in [3.63, 3.8) is 0 Å². The Morgan fingerprint density at radius 3 is 2.29 bits per heavy atom. The Kier molecular flexibility index (Phi) is 10.6. The van der Waals surface area contributed by atoms with Crippen molar-refractivity contribution in [1.29, 1.82) is 0 Å². The van der Waals surface area contributed by atoms with Crippen molar-refractivity contribution in [2.45, 2.75) is 58.3 Å². The lowest BCUT2D eigenvalue weighted by Crippen LogP contribution is -1.94. The third kappa shape index (κ3) is 8.34. The Labute approximate surface area is 90.8 Å². The molecule has 0 rings (SSSR count). The van der Waals surface area contributed by atoms with Gasteiger partial charge in [0.05, 0.1) is 0 Å². The fraction of sp³-hybridized carbons (Fsp3) is 0.714. The normalized spacial score (nSPS) is 13.6. The van der Waals surface area contributed by atoms with Crippen molar-refractivity contribution < 1.29 is 0 Å². The number of hydrogen-bond acceptors (Lipinski definition) is 0. The van der Waals surface area contributed by atoms with Gasteiger partial charge < -0.3 is 0 Å². The summed E-state index contributed by atoms with van der Waals surface area (Å²) in [5.74, 6) is 0.764. The summed E-state index contributed by atoms with van der Waals surface area (Å²) in [4.78, 5) is 0. The van der Waals surface area contributed by atoms with Gasteiger partial charge >= 0.3 is 0 Å². The third-order valence-electron chi connectivity index (χ3n) is 2.76. The van der Waals surface area contributed by atoms with E-state index in [9.17, 15) is 0 Å². The monoisotopic (exact) mass is 194 g/mol. The number of rotatable bonds is 9. The van der Waals surface area contributed by atoms with E-state index in [1.54, 1.807) is 0 Å². The highest BCUT2D eigenvalue weighted by Gasteiger charge is 2.00. The van der Waals surface area contributed by atoms with Crippen LogP contribution in [0.1, 0.15) is 58.3 Å². The van der Waals surface area contributed by atoms with Gasteiger partial charge in [-0.2, -0.15) is 0 Å². The molecule has 0 saturated carbocycles. The van der Waals surface area contributed by atoms with Crippen LogP contribution in [0, 0.1) is 19.8 Å². The summed E-state index contributed by atoms with van der Waals surface area (Å²) in [6.45, 7) is 9.87. The molecule has 1 unspecified atom stereocenters. The molecule has 0 heterocycles. The minimum Gasteiger partial charge on any atom is -0.0880 e. The average Bonchev–Trinajstić information content (AvgIpc) is 2.21. The Hall–Kier alpha value is -0.260. The van der Waals surface area contributed by atoms with E-state index in [4.69, 9.17) is 0 Å². The van der Waals surface area contributed by atoms with Crippen LogP contribution in [0.3, 0.4) is 0 Å². The van der Waals surface area contributed by atoms with Crippen LogP contribution in [0.2, 0.25) is 0 Å². The Morgan fingerprint density at radius 1 is 1.07 bits per heavy atom. The number of allylic oxidation sites excluding steroid dienone is 2. The van der Waals surface area contributed by atoms with Gasteiger partial charge in [-0.25, -0.2) is 0 Å². The zero-order valence-corrected chi connectivity index (χ0v) is 9.80. The topological polar surface area (TPSA) is 0 Å². The van der Waals surface area contributed by atoms with E-state index in [2.05, 4.69) is 26.8 Å².